The molecule has 100 valence electrons. The molecule has 2 aromatic rings. The number of amides is 2. The van der Waals surface area contributed by atoms with Gasteiger partial charge in [-0.15, -0.1) is 0 Å². The van der Waals surface area contributed by atoms with Crippen LogP contribution >= 0.6 is 0 Å². The van der Waals surface area contributed by atoms with Gasteiger partial charge in [0.25, 0.3) is 5.91 Å². The maximum Gasteiger partial charge on any atom is 0.279 e. The van der Waals surface area contributed by atoms with E-state index in [0.717, 1.165) is 0 Å². The van der Waals surface area contributed by atoms with Gasteiger partial charge in [-0.1, -0.05) is 12.1 Å². The lowest BCUT2D eigenvalue weighted by molar-refractivity contribution is -0.115. The third-order valence-corrected chi connectivity index (χ3v) is 2.91. The molecule has 1 aromatic heterocycles. The van der Waals surface area contributed by atoms with Crippen LogP contribution in [0.4, 0.5) is 17.2 Å². The molecule has 2 heterocycles. The monoisotopic (exact) mass is 269 g/mol. The number of fused-ring (bicyclic) bond motifs is 1. The number of anilines is 3. The molecule has 3 rings (SSSR count). The molecule has 0 fully saturated rings. The van der Waals surface area contributed by atoms with E-state index in [1.807, 2.05) is 0 Å². The smallest absolute Gasteiger partial charge is 0.279 e. The van der Waals surface area contributed by atoms with Gasteiger partial charge in [-0.05, 0) is 12.1 Å². The second-order valence-electron chi connectivity index (χ2n) is 4.28. The molecule has 0 aliphatic carbocycles. The summed E-state index contributed by atoms with van der Waals surface area (Å²) < 4.78 is 0. The third kappa shape index (κ3) is 2.05. The van der Waals surface area contributed by atoms with Crippen LogP contribution in [0.3, 0.4) is 0 Å². The molecule has 0 spiro atoms. The van der Waals surface area contributed by atoms with Gasteiger partial charge in [-0.2, -0.15) is 0 Å². The van der Waals surface area contributed by atoms with Crippen molar-refractivity contribution in [1.29, 1.82) is 0 Å². The van der Waals surface area contributed by atoms with Crippen molar-refractivity contribution in [3.63, 3.8) is 0 Å². The maximum atomic E-state index is 12.4. The number of nitrogens with zero attached hydrogens (tertiary/aromatic N) is 3. The van der Waals surface area contributed by atoms with Gasteiger partial charge in [0.1, 0.15) is 18.1 Å². The van der Waals surface area contributed by atoms with Gasteiger partial charge in [0, 0.05) is 0 Å². The van der Waals surface area contributed by atoms with Gasteiger partial charge < -0.3 is 11.1 Å². The molecule has 0 saturated heterocycles. The Morgan fingerprint density at radius 2 is 2.05 bits per heavy atom. The molecule has 2 amide bonds. The van der Waals surface area contributed by atoms with E-state index in [1.165, 1.54) is 17.3 Å². The number of nitrogens with one attached hydrogen (secondary N) is 1. The maximum absolute atomic E-state index is 12.4. The van der Waals surface area contributed by atoms with Gasteiger partial charge in [0.2, 0.25) is 5.91 Å². The van der Waals surface area contributed by atoms with Gasteiger partial charge in [0.05, 0.1) is 23.8 Å². The Hall–Kier alpha value is -2.96. The largest absolute Gasteiger partial charge is 0.382 e. The summed E-state index contributed by atoms with van der Waals surface area (Å²) in [6, 6.07) is 7.08. The molecule has 7 nitrogen and oxygen atoms in total. The van der Waals surface area contributed by atoms with E-state index < -0.39 is 0 Å². The number of nitrogen functional groups attached to an aromatic ring is 1. The Balaban J connectivity index is 1.99. The predicted octanol–water partition coefficient (Wildman–Crippen LogP) is 0.658. The molecule has 0 atom stereocenters. The Kier molecular flexibility index (Phi) is 2.79. The summed E-state index contributed by atoms with van der Waals surface area (Å²) in [7, 11) is 0. The van der Waals surface area contributed by atoms with Gasteiger partial charge >= 0.3 is 0 Å². The lowest BCUT2D eigenvalue weighted by atomic mass is 10.2. The minimum Gasteiger partial charge on any atom is -0.382 e. The molecular weight excluding hydrogens is 258 g/mol. The van der Waals surface area contributed by atoms with Gasteiger partial charge in [-0.25, -0.2) is 9.97 Å². The van der Waals surface area contributed by atoms with Crippen molar-refractivity contribution < 1.29 is 9.59 Å². The van der Waals surface area contributed by atoms with E-state index >= 15 is 0 Å². The zero-order valence-electron chi connectivity index (χ0n) is 10.4. The van der Waals surface area contributed by atoms with Crippen LogP contribution in [0.2, 0.25) is 0 Å². The van der Waals surface area contributed by atoms with E-state index in [1.54, 1.807) is 24.3 Å². The minimum atomic E-state index is -0.389. The average Bonchev–Trinajstić information content (AvgIpc) is 2.46. The first kappa shape index (κ1) is 12.1. The zero-order valence-corrected chi connectivity index (χ0v) is 10.4. The Bertz CT molecular complexity index is 683. The second kappa shape index (κ2) is 4.61. The number of hydrogen-bond donors (Lipinski definition) is 2. The number of nitrogens with two attached hydrogens (primary N) is 1. The Morgan fingerprint density at radius 1 is 1.25 bits per heavy atom. The molecule has 1 aliphatic rings. The number of benzene rings is 1. The number of hydrogen-bond acceptors (Lipinski definition) is 5. The first-order valence-electron chi connectivity index (χ1n) is 5.93. The lowest BCUT2D eigenvalue weighted by Gasteiger charge is -2.28. The van der Waals surface area contributed by atoms with Crippen LogP contribution in [0.15, 0.2) is 36.7 Å². The fraction of sp³-hybridized carbons (Fsp3) is 0.0769. The lowest BCUT2D eigenvalue weighted by Crippen LogP contribution is -2.42. The standard InChI is InChI=1S/C13H11N5O2/c14-11-6-15-9(5-16-11)13(20)18-7-12(19)17-8-3-1-2-4-10(8)18/h1-6H,7H2,(H2,14,16)(H,17,19). The molecule has 7 heteroatoms. The zero-order chi connectivity index (χ0) is 14.1. The highest BCUT2D eigenvalue weighted by Gasteiger charge is 2.28. The van der Waals surface area contributed by atoms with Crippen LogP contribution in [0.5, 0.6) is 0 Å². The molecular formula is C13H11N5O2. The first-order valence-corrected chi connectivity index (χ1v) is 5.93. The molecule has 20 heavy (non-hydrogen) atoms. The normalized spacial score (nSPS) is 13.6. The Morgan fingerprint density at radius 3 is 2.80 bits per heavy atom. The van der Waals surface area contributed by atoms with Crippen molar-refractivity contribution in [3.05, 3.63) is 42.4 Å². The molecule has 1 aliphatic heterocycles. The molecule has 0 unspecified atom stereocenters. The number of aromatic nitrogens is 2. The van der Waals surface area contributed by atoms with Crippen LogP contribution in [0, 0.1) is 0 Å². The van der Waals surface area contributed by atoms with Crippen molar-refractivity contribution in [3.8, 4) is 0 Å². The number of para-hydroxylation sites is 2. The molecule has 0 bridgehead atoms. The topological polar surface area (TPSA) is 101 Å². The predicted molar refractivity (Wildman–Crippen MR) is 73.2 cm³/mol. The molecule has 0 radical (unpaired) electrons. The summed E-state index contributed by atoms with van der Waals surface area (Å²) in [6.07, 6.45) is 2.61. The highest BCUT2D eigenvalue weighted by Crippen LogP contribution is 2.29. The van der Waals surface area contributed by atoms with Crippen molar-refractivity contribution in [2.24, 2.45) is 0 Å². The minimum absolute atomic E-state index is 0.0537. The number of carbonyl (C=O) groups excluding carboxylic acids is 2. The summed E-state index contributed by atoms with van der Waals surface area (Å²) in [5.74, 6) is -0.404. The SMILES string of the molecule is Nc1cnc(C(=O)N2CC(=O)Nc3ccccc32)cn1. The first-order chi connectivity index (χ1) is 9.65. The van der Waals surface area contributed by atoms with Crippen LogP contribution in [0.1, 0.15) is 10.5 Å². The van der Waals surface area contributed by atoms with Crippen molar-refractivity contribution in [2.45, 2.75) is 0 Å². The average molecular weight is 269 g/mol. The van der Waals surface area contributed by atoms with Crippen LogP contribution in [0.25, 0.3) is 0 Å². The third-order valence-electron chi connectivity index (χ3n) is 2.91. The van der Waals surface area contributed by atoms with Crippen molar-refractivity contribution >= 4 is 29.0 Å². The molecule has 0 saturated carbocycles. The summed E-state index contributed by atoms with van der Waals surface area (Å²) in [5, 5.41) is 2.72. The van der Waals surface area contributed by atoms with Crippen molar-refractivity contribution in [2.75, 3.05) is 22.5 Å². The second-order valence-corrected chi connectivity index (χ2v) is 4.28. The van der Waals surface area contributed by atoms with Crippen LogP contribution < -0.4 is 16.0 Å². The van der Waals surface area contributed by atoms with Crippen LogP contribution in [-0.4, -0.2) is 28.3 Å². The fourth-order valence-electron chi connectivity index (χ4n) is 2.00. The fourth-order valence-corrected chi connectivity index (χ4v) is 2.00. The van der Waals surface area contributed by atoms with Gasteiger partial charge in [0.15, 0.2) is 0 Å². The van der Waals surface area contributed by atoms with Gasteiger partial charge in [-0.3, -0.25) is 14.5 Å². The van der Waals surface area contributed by atoms with E-state index in [9.17, 15) is 9.59 Å². The quantitative estimate of drug-likeness (QED) is 0.791. The number of rotatable bonds is 1. The van der Waals surface area contributed by atoms with E-state index in [-0.39, 0.29) is 29.9 Å². The van der Waals surface area contributed by atoms with Crippen LogP contribution in [-0.2, 0) is 4.79 Å². The molecule has 1 aromatic carbocycles. The van der Waals surface area contributed by atoms with E-state index in [4.69, 9.17) is 5.73 Å². The molecule has 3 N–H and O–H groups in total. The summed E-state index contributed by atoms with van der Waals surface area (Å²) in [4.78, 5) is 33.2. The summed E-state index contributed by atoms with van der Waals surface area (Å²) >= 11 is 0. The Labute approximate surface area is 114 Å². The van der Waals surface area contributed by atoms with Crippen molar-refractivity contribution in [1.82, 2.24) is 9.97 Å². The highest BCUT2D eigenvalue weighted by atomic mass is 16.2. The van der Waals surface area contributed by atoms with E-state index in [2.05, 4.69) is 15.3 Å². The summed E-state index contributed by atoms with van der Waals surface area (Å²) in [5.41, 5.74) is 6.82. The summed E-state index contributed by atoms with van der Waals surface area (Å²) in [6.45, 7) is -0.0537. The number of carbonyl (C=O) groups is 2. The highest BCUT2D eigenvalue weighted by molar-refractivity contribution is 6.14. The van der Waals surface area contributed by atoms with E-state index in [0.29, 0.717) is 11.4 Å².